The zero-order chi connectivity index (χ0) is 8.74. The first-order valence-corrected chi connectivity index (χ1v) is 5.40. The van der Waals surface area contributed by atoms with Gasteiger partial charge < -0.3 is 4.74 Å². The van der Waals surface area contributed by atoms with Gasteiger partial charge in [0.05, 0.1) is 12.2 Å². The lowest BCUT2D eigenvalue weighted by atomic mass is 9.94. The van der Waals surface area contributed by atoms with Crippen molar-refractivity contribution in [3.8, 4) is 0 Å². The molecule has 68 valence electrons. The van der Waals surface area contributed by atoms with Gasteiger partial charge in [0, 0.05) is 0 Å². The summed E-state index contributed by atoms with van der Waals surface area (Å²) < 4.78 is 5.81. The fraction of sp³-hybridized carbons (Fsp3) is 1.00. The Balaban J connectivity index is 3.84. The van der Waals surface area contributed by atoms with Gasteiger partial charge in [-0.25, -0.2) is 0 Å². The normalized spacial score (nSPS) is 12.0. The molecule has 0 aliphatic rings. The molecule has 0 spiro atoms. The highest BCUT2D eigenvalue weighted by Crippen LogP contribution is 2.24. The summed E-state index contributed by atoms with van der Waals surface area (Å²) in [5.74, 6) is 0. The molecule has 2 heteroatoms. The first-order chi connectivity index (χ1) is 5.24. The SMILES string of the molecule is CCC(CC)(CC)OCCP. The molecule has 0 rings (SSSR count). The first kappa shape index (κ1) is 11.4. The molecule has 0 aromatic carbocycles. The van der Waals surface area contributed by atoms with Gasteiger partial charge in [-0.3, -0.25) is 0 Å². The molecule has 0 radical (unpaired) electrons. The molecule has 1 atom stereocenters. The molecule has 1 nitrogen and oxygen atoms in total. The fourth-order valence-corrected chi connectivity index (χ4v) is 1.45. The predicted octanol–water partition coefficient (Wildman–Crippen LogP) is 2.85. The molecule has 0 saturated heterocycles. The van der Waals surface area contributed by atoms with E-state index < -0.39 is 0 Å². The minimum Gasteiger partial charge on any atom is -0.375 e. The fourth-order valence-electron chi connectivity index (χ4n) is 1.33. The summed E-state index contributed by atoms with van der Waals surface area (Å²) in [5, 5.41) is 0. The molecule has 0 fully saturated rings. The van der Waals surface area contributed by atoms with Gasteiger partial charge in [-0.2, -0.15) is 0 Å². The molecule has 0 aromatic heterocycles. The van der Waals surface area contributed by atoms with Crippen molar-refractivity contribution in [1.82, 2.24) is 0 Å². The van der Waals surface area contributed by atoms with Gasteiger partial charge in [0.15, 0.2) is 0 Å². The molecule has 11 heavy (non-hydrogen) atoms. The zero-order valence-electron chi connectivity index (χ0n) is 8.02. The van der Waals surface area contributed by atoms with Crippen molar-refractivity contribution in [3.05, 3.63) is 0 Å². The Morgan fingerprint density at radius 3 is 1.82 bits per heavy atom. The molecule has 0 aliphatic carbocycles. The van der Waals surface area contributed by atoms with E-state index in [4.69, 9.17) is 4.74 Å². The Labute approximate surface area is 73.1 Å². The maximum Gasteiger partial charge on any atom is 0.0674 e. The van der Waals surface area contributed by atoms with E-state index in [-0.39, 0.29) is 5.60 Å². The van der Waals surface area contributed by atoms with E-state index in [2.05, 4.69) is 30.0 Å². The zero-order valence-corrected chi connectivity index (χ0v) is 9.18. The highest BCUT2D eigenvalue weighted by molar-refractivity contribution is 7.16. The van der Waals surface area contributed by atoms with Crippen LogP contribution >= 0.6 is 9.24 Å². The van der Waals surface area contributed by atoms with E-state index in [0.29, 0.717) is 0 Å². The van der Waals surface area contributed by atoms with Gasteiger partial charge in [0.25, 0.3) is 0 Å². The molecular formula is C9H21OP. The summed E-state index contributed by atoms with van der Waals surface area (Å²) in [4.78, 5) is 0. The van der Waals surface area contributed by atoms with Crippen LogP contribution in [0, 0.1) is 0 Å². The van der Waals surface area contributed by atoms with E-state index in [1.807, 2.05) is 0 Å². The first-order valence-electron chi connectivity index (χ1n) is 4.58. The Morgan fingerprint density at radius 2 is 1.55 bits per heavy atom. The third-order valence-electron chi connectivity index (χ3n) is 2.46. The van der Waals surface area contributed by atoms with Gasteiger partial charge in [-0.15, -0.1) is 9.24 Å². The maximum atomic E-state index is 5.81. The summed E-state index contributed by atoms with van der Waals surface area (Å²) in [5.41, 5.74) is 0.163. The average molecular weight is 176 g/mol. The van der Waals surface area contributed by atoms with E-state index in [1.165, 1.54) is 0 Å². The second-order valence-corrected chi connectivity index (χ2v) is 3.46. The van der Waals surface area contributed by atoms with Crippen LogP contribution in [0.25, 0.3) is 0 Å². The predicted molar refractivity (Wildman–Crippen MR) is 54.1 cm³/mol. The highest BCUT2D eigenvalue weighted by atomic mass is 31.0. The van der Waals surface area contributed by atoms with E-state index >= 15 is 0 Å². The van der Waals surface area contributed by atoms with Crippen molar-refractivity contribution >= 4 is 9.24 Å². The van der Waals surface area contributed by atoms with E-state index in [1.54, 1.807) is 0 Å². The minimum atomic E-state index is 0.163. The monoisotopic (exact) mass is 176 g/mol. The van der Waals surface area contributed by atoms with Crippen LogP contribution in [-0.4, -0.2) is 18.4 Å². The molecule has 0 aliphatic heterocycles. The second kappa shape index (κ2) is 5.97. The lowest BCUT2D eigenvalue weighted by Crippen LogP contribution is -2.30. The average Bonchev–Trinajstić information content (AvgIpc) is 2.08. The molecule has 0 bridgehead atoms. The highest BCUT2D eigenvalue weighted by Gasteiger charge is 2.23. The van der Waals surface area contributed by atoms with Crippen molar-refractivity contribution in [1.29, 1.82) is 0 Å². The smallest absolute Gasteiger partial charge is 0.0674 e. The van der Waals surface area contributed by atoms with Crippen LogP contribution in [0.2, 0.25) is 0 Å². The van der Waals surface area contributed by atoms with Crippen molar-refractivity contribution in [3.63, 3.8) is 0 Å². The lowest BCUT2D eigenvalue weighted by molar-refractivity contribution is -0.0465. The minimum absolute atomic E-state index is 0.163. The number of hydrogen-bond donors (Lipinski definition) is 0. The molecule has 0 aromatic rings. The Morgan fingerprint density at radius 1 is 1.09 bits per heavy atom. The number of rotatable bonds is 6. The number of ether oxygens (including phenoxy) is 1. The van der Waals surface area contributed by atoms with Crippen LogP contribution in [0.4, 0.5) is 0 Å². The Hall–Kier alpha value is 0.390. The molecule has 0 amide bonds. The van der Waals surface area contributed by atoms with E-state index in [9.17, 15) is 0 Å². The third-order valence-corrected chi connectivity index (χ3v) is 2.69. The summed E-state index contributed by atoms with van der Waals surface area (Å²) in [6, 6.07) is 0. The van der Waals surface area contributed by atoms with Crippen LogP contribution in [0.15, 0.2) is 0 Å². The van der Waals surface area contributed by atoms with Gasteiger partial charge in [-0.1, -0.05) is 20.8 Å². The van der Waals surface area contributed by atoms with Crippen molar-refractivity contribution in [2.75, 3.05) is 12.8 Å². The summed E-state index contributed by atoms with van der Waals surface area (Å²) in [6.45, 7) is 7.49. The number of hydrogen-bond acceptors (Lipinski definition) is 1. The molecular weight excluding hydrogens is 155 g/mol. The maximum absolute atomic E-state index is 5.81. The Bertz CT molecular complexity index is 81.3. The standard InChI is InChI=1S/C9H21OP/c1-4-9(5-2,6-3)10-7-8-11/h4-8,11H2,1-3H3. The van der Waals surface area contributed by atoms with Gasteiger partial charge >= 0.3 is 0 Å². The summed E-state index contributed by atoms with van der Waals surface area (Å²) in [7, 11) is 2.69. The quantitative estimate of drug-likeness (QED) is 0.565. The van der Waals surface area contributed by atoms with Crippen LogP contribution in [0.3, 0.4) is 0 Å². The van der Waals surface area contributed by atoms with Crippen molar-refractivity contribution < 1.29 is 4.74 Å². The molecule has 0 N–H and O–H groups in total. The van der Waals surface area contributed by atoms with Crippen LogP contribution in [0.5, 0.6) is 0 Å². The Kier molecular flexibility index (Phi) is 6.18. The second-order valence-electron chi connectivity index (χ2n) is 2.88. The van der Waals surface area contributed by atoms with Gasteiger partial charge in [0.1, 0.15) is 0 Å². The molecule has 0 heterocycles. The van der Waals surface area contributed by atoms with Crippen molar-refractivity contribution in [2.45, 2.75) is 45.6 Å². The van der Waals surface area contributed by atoms with Gasteiger partial charge in [-0.05, 0) is 25.4 Å². The molecule has 1 unspecified atom stereocenters. The van der Waals surface area contributed by atoms with Crippen LogP contribution in [-0.2, 0) is 4.74 Å². The van der Waals surface area contributed by atoms with Crippen LogP contribution < -0.4 is 0 Å². The van der Waals surface area contributed by atoms with Crippen molar-refractivity contribution in [2.24, 2.45) is 0 Å². The topological polar surface area (TPSA) is 9.23 Å². The third kappa shape index (κ3) is 3.53. The van der Waals surface area contributed by atoms with E-state index in [0.717, 1.165) is 32.0 Å². The van der Waals surface area contributed by atoms with Crippen LogP contribution in [0.1, 0.15) is 40.0 Å². The lowest BCUT2D eigenvalue weighted by Gasteiger charge is -2.30. The summed E-state index contributed by atoms with van der Waals surface area (Å²) in [6.07, 6.45) is 4.43. The van der Waals surface area contributed by atoms with Gasteiger partial charge in [0.2, 0.25) is 0 Å². The summed E-state index contributed by atoms with van der Waals surface area (Å²) >= 11 is 0. The largest absolute Gasteiger partial charge is 0.375 e. The molecule has 0 saturated carbocycles.